The van der Waals surface area contributed by atoms with Gasteiger partial charge in [0.25, 0.3) is 16.0 Å². The van der Waals surface area contributed by atoms with Gasteiger partial charge in [0.1, 0.15) is 28.1 Å². The van der Waals surface area contributed by atoms with Gasteiger partial charge in [-0.1, -0.05) is 18.2 Å². The zero-order chi connectivity index (χ0) is 18.1. The SMILES string of the molecule is O=S(=O)(Nc1ncn(Cc2cccc(F)c2)n1)c1cccc2nsnc12. The number of benzene rings is 2. The van der Waals surface area contributed by atoms with Gasteiger partial charge >= 0.3 is 0 Å². The molecule has 2 heterocycles. The van der Waals surface area contributed by atoms with Crippen LogP contribution in [-0.4, -0.2) is 31.9 Å². The highest BCUT2D eigenvalue weighted by Crippen LogP contribution is 2.22. The molecule has 26 heavy (non-hydrogen) atoms. The van der Waals surface area contributed by atoms with E-state index in [0.29, 0.717) is 16.6 Å². The number of fused-ring (bicyclic) bond motifs is 1. The topological polar surface area (TPSA) is 103 Å². The highest BCUT2D eigenvalue weighted by Gasteiger charge is 2.21. The Morgan fingerprint density at radius 1 is 1.15 bits per heavy atom. The van der Waals surface area contributed by atoms with Crippen LogP contribution in [0.4, 0.5) is 10.3 Å². The van der Waals surface area contributed by atoms with Crippen molar-refractivity contribution in [3.05, 3.63) is 60.2 Å². The predicted molar refractivity (Wildman–Crippen MR) is 93.7 cm³/mol. The fourth-order valence-corrected chi connectivity index (χ4v) is 4.13. The Labute approximate surface area is 151 Å². The van der Waals surface area contributed by atoms with Gasteiger partial charge in [-0.2, -0.15) is 13.7 Å². The maximum absolute atomic E-state index is 13.2. The Hall–Kier alpha value is -2.92. The van der Waals surface area contributed by atoms with E-state index in [9.17, 15) is 12.8 Å². The van der Waals surface area contributed by atoms with Gasteiger partial charge in [0.2, 0.25) is 0 Å². The second kappa shape index (κ2) is 6.42. The lowest BCUT2D eigenvalue weighted by Crippen LogP contribution is -2.15. The van der Waals surface area contributed by atoms with Gasteiger partial charge in [0, 0.05) is 0 Å². The number of aromatic nitrogens is 5. The summed E-state index contributed by atoms with van der Waals surface area (Å²) in [5, 5.41) is 4.07. The van der Waals surface area contributed by atoms with Gasteiger partial charge in [-0.3, -0.25) is 0 Å². The van der Waals surface area contributed by atoms with Crippen LogP contribution in [0.3, 0.4) is 0 Å². The number of sulfonamides is 1. The molecule has 0 fully saturated rings. The van der Waals surface area contributed by atoms with E-state index in [-0.39, 0.29) is 23.2 Å². The molecule has 11 heteroatoms. The zero-order valence-corrected chi connectivity index (χ0v) is 14.7. The first-order chi connectivity index (χ1) is 12.5. The number of hydrogen-bond donors (Lipinski definition) is 1. The third-order valence-electron chi connectivity index (χ3n) is 3.53. The normalized spacial score (nSPS) is 11.7. The van der Waals surface area contributed by atoms with Gasteiger partial charge < -0.3 is 0 Å². The third-order valence-corrected chi connectivity index (χ3v) is 5.44. The highest BCUT2D eigenvalue weighted by atomic mass is 32.2. The largest absolute Gasteiger partial charge is 0.266 e. The van der Waals surface area contributed by atoms with Crippen LogP contribution in [-0.2, 0) is 16.6 Å². The molecule has 8 nitrogen and oxygen atoms in total. The molecule has 0 radical (unpaired) electrons. The van der Waals surface area contributed by atoms with Gasteiger partial charge in [-0.25, -0.2) is 22.2 Å². The molecule has 0 spiro atoms. The first-order valence-corrected chi connectivity index (χ1v) is 9.61. The van der Waals surface area contributed by atoms with Crippen LogP contribution in [0.25, 0.3) is 11.0 Å². The van der Waals surface area contributed by atoms with Crippen LogP contribution < -0.4 is 4.72 Å². The third kappa shape index (κ3) is 3.26. The molecule has 0 aliphatic heterocycles. The fraction of sp³-hybridized carbons (Fsp3) is 0.0667. The van der Waals surface area contributed by atoms with Crippen molar-refractivity contribution in [2.24, 2.45) is 0 Å². The molecular formula is C15H11FN6O2S2. The van der Waals surface area contributed by atoms with E-state index in [1.807, 2.05) is 0 Å². The first-order valence-electron chi connectivity index (χ1n) is 7.39. The molecule has 132 valence electrons. The molecule has 2 aromatic carbocycles. The summed E-state index contributed by atoms with van der Waals surface area (Å²) in [7, 11) is -3.92. The average Bonchev–Trinajstić information content (AvgIpc) is 3.23. The standard InChI is InChI=1S/C15H11FN6O2S2/c16-11-4-1-3-10(7-11)8-22-9-17-15(18-22)21-26(23,24)13-6-2-5-12-14(13)20-25-19-12/h1-7,9H,8H2,(H,18,21). The molecule has 0 atom stereocenters. The van der Waals surface area contributed by atoms with E-state index in [1.165, 1.54) is 29.2 Å². The lowest BCUT2D eigenvalue weighted by molar-refractivity contribution is 0.601. The molecular weight excluding hydrogens is 379 g/mol. The van der Waals surface area contributed by atoms with Crippen molar-refractivity contribution in [1.82, 2.24) is 23.5 Å². The zero-order valence-electron chi connectivity index (χ0n) is 13.1. The van der Waals surface area contributed by atoms with E-state index in [1.54, 1.807) is 24.3 Å². The summed E-state index contributed by atoms with van der Waals surface area (Å²) < 4.78 is 50.3. The smallest absolute Gasteiger partial charge is 0.246 e. The number of nitrogens with one attached hydrogen (secondary N) is 1. The molecule has 4 rings (SSSR count). The molecule has 0 saturated heterocycles. The maximum atomic E-state index is 13.2. The molecule has 0 aliphatic rings. The van der Waals surface area contributed by atoms with Crippen molar-refractivity contribution in [2.45, 2.75) is 11.4 Å². The number of hydrogen-bond acceptors (Lipinski definition) is 7. The summed E-state index contributed by atoms with van der Waals surface area (Å²) in [6, 6.07) is 10.8. The lowest BCUT2D eigenvalue weighted by Gasteiger charge is -2.05. The second-order valence-corrected chi connectivity index (χ2v) is 7.57. The predicted octanol–water partition coefficient (Wildman–Crippen LogP) is 2.27. The summed E-state index contributed by atoms with van der Waals surface area (Å²) in [6.45, 7) is 0.262. The summed E-state index contributed by atoms with van der Waals surface area (Å²) in [5.74, 6) is -0.435. The Balaban J connectivity index is 1.57. The van der Waals surface area contributed by atoms with E-state index in [0.717, 1.165) is 11.7 Å². The Bertz CT molecular complexity index is 1190. The van der Waals surface area contributed by atoms with Crippen LogP contribution in [0.2, 0.25) is 0 Å². The van der Waals surface area contributed by atoms with Crippen LogP contribution >= 0.6 is 11.7 Å². The first kappa shape index (κ1) is 16.5. The highest BCUT2D eigenvalue weighted by molar-refractivity contribution is 7.93. The van der Waals surface area contributed by atoms with Crippen LogP contribution in [0.15, 0.2) is 53.7 Å². The quantitative estimate of drug-likeness (QED) is 0.561. The van der Waals surface area contributed by atoms with E-state index in [2.05, 4.69) is 23.6 Å². The maximum Gasteiger partial charge on any atom is 0.266 e. The van der Waals surface area contributed by atoms with E-state index in [4.69, 9.17) is 0 Å². The van der Waals surface area contributed by atoms with Crippen molar-refractivity contribution >= 4 is 38.7 Å². The summed E-state index contributed by atoms with van der Waals surface area (Å²) in [5.41, 5.74) is 1.48. The van der Waals surface area contributed by atoms with Crippen molar-refractivity contribution < 1.29 is 12.8 Å². The average molecular weight is 390 g/mol. The second-order valence-electron chi connectivity index (χ2n) is 5.39. The summed E-state index contributed by atoms with van der Waals surface area (Å²) in [6.07, 6.45) is 1.37. The molecule has 0 bridgehead atoms. The Morgan fingerprint density at radius 3 is 2.85 bits per heavy atom. The van der Waals surface area contributed by atoms with E-state index < -0.39 is 10.0 Å². The number of halogens is 1. The van der Waals surface area contributed by atoms with Gasteiger partial charge in [0.15, 0.2) is 0 Å². The minimum atomic E-state index is -3.92. The Morgan fingerprint density at radius 2 is 2.00 bits per heavy atom. The fourth-order valence-electron chi connectivity index (χ4n) is 2.41. The van der Waals surface area contributed by atoms with Crippen molar-refractivity contribution in [1.29, 1.82) is 0 Å². The van der Waals surface area contributed by atoms with Crippen LogP contribution in [0.1, 0.15) is 5.56 Å². The lowest BCUT2D eigenvalue weighted by atomic mass is 10.2. The number of rotatable bonds is 5. The molecule has 0 saturated carbocycles. The molecule has 2 aromatic heterocycles. The van der Waals surface area contributed by atoms with Crippen molar-refractivity contribution in [2.75, 3.05) is 4.72 Å². The minimum absolute atomic E-state index is 0.00484. The van der Waals surface area contributed by atoms with Gasteiger partial charge in [0.05, 0.1) is 18.3 Å². The molecule has 0 aliphatic carbocycles. The number of anilines is 1. The summed E-state index contributed by atoms with van der Waals surface area (Å²) in [4.78, 5) is 3.95. The minimum Gasteiger partial charge on any atom is -0.246 e. The molecule has 4 aromatic rings. The molecule has 0 unspecified atom stereocenters. The van der Waals surface area contributed by atoms with Crippen molar-refractivity contribution in [3.63, 3.8) is 0 Å². The monoisotopic (exact) mass is 390 g/mol. The van der Waals surface area contributed by atoms with Crippen LogP contribution in [0.5, 0.6) is 0 Å². The van der Waals surface area contributed by atoms with Gasteiger partial charge in [-0.15, -0.1) is 5.10 Å². The molecule has 0 amide bonds. The van der Waals surface area contributed by atoms with Gasteiger partial charge in [-0.05, 0) is 29.8 Å². The van der Waals surface area contributed by atoms with Crippen molar-refractivity contribution in [3.8, 4) is 0 Å². The van der Waals surface area contributed by atoms with E-state index >= 15 is 0 Å². The molecule has 1 N–H and O–H groups in total. The summed E-state index contributed by atoms with van der Waals surface area (Å²) >= 11 is 0.938. The number of nitrogens with zero attached hydrogens (tertiary/aromatic N) is 5. The van der Waals surface area contributed by atoms with Crippen LogP contribution in [0, 0.1) is 5.82 Å². The Kier molecular flexibility index (Phi) is 4.09.